The number of benzene rings is 2. The number of unbranched alkanes of at least 4 members (excludes halogenated alkanes) is 2. The lowest BCUT2D eigenvalue weighted by atomic mass is 9.98. The van der Waals surface area contributed by atoms with Crippen molar-refractivity contribution < 1.29 is 19.1 Å². The van der Waals surface area contributed by atoms with Gasteiger partial charge in [0.25, 0.3) is 11.8 Å². The van der Waals surface area contributed by atoms with E-state index in [0.29, 0.717) is 29.6 Å². The number of nitrogens with one attached hydrogen (secondary N) is 2. The Morgan fingerprint density at radius 2 is 1.60 bits per heavy atom. The Hall–Kier alpha value is -3.02. The largest absolute Gasteiger partial charge is 0.493 e. The van der Waals surface area contributed by atoms with Crippen molar-refractivity contribution in [1.82, 2.24) is 10.9 Å². The Bertz CT molecular complexity index is 822. The smallest absolute Gasteiger partial charge is 0.276 e. The molecule has 6 heteroatoms. The van der Waals surface area contributed by atoms with Crippen molar-refractivity contribution in [3.05, 3.63) is 59.7 Å². The molecule has 0 heterocycles. The summed E-state index contributed by atoms with van der Waals surface area (Å²) in [4.78, 5) is 24.6. The fraction of sp³-hybridized carbons (Fsp3) is 0.417. The Labute approximate surface area is 178 Å². The van der Waals surface area contributed by atoms with E-state index in [-0.39, 0.29) is 6.61 Å². The zero-order valence-electron chi connectivity index (χ0n) is 18.1. The van der Waals surface area contributed by atoms with E-state index in [1.54, 1.807) is 18.2 Å². The maximum atomic E-state index is 12.5. The molecule has 2 aromatic rings. The second kappa shape index (κ2) is 12.5. The van der Waals surface area contributed by atoms with Crippen molar-refractivity contribution in [3.8, 4) is 11.5 Å². The number of amides is 2. The van der Waals surface area contributed by atoms with Crippen LogP contribution < -0.4 is 20.3 Å². The van der Waals surface area contributed by atoms with E-state index < -0.39 is 11.8 Å². The van der Waals surface area contributed by atoms with Gasteiger partial charge >= 0.3 is 0 Å². The minimum Gasteiger partial charge on any atom is -0.493 e. The Morgan fingerprint density at radius 1 is 0.900 bits per heavy atom. The predicted octanol–water partition coefficient (Wildman–Crippen LogP) is 4.61. The molecule has 0 unspecified atom stereocenters. The molecule has 30 heavy (non-hydrogen) atoms. The first-order valence-electron chi connectivity index (χ1n) is 10.6. The van der Waals surface area contributed by atoms with Crippen LogP contribution in [0.5, 0.6) is 11.5 Å². The molecule has 0 bridgehead atoms. The van der Waals surface area contributed by atoms with Gasteiger partial charge in [-0.05, 0) is 42.5 Å². The molecule has 1 atom stereocenters. The molecule has 0 fully saturated rings. The van der Waals surface area contributed by atoms with Crippen LogP contribution in [-0.2, 0) is 4.79 Å². The molecule has 0 radical (unpaired) electrons. The van der Waals surface area contributed by atoms with Crippen LogP contribution in [0.4, 0.5) is 0 Å². The third kappa shape index (κ3) is 7.10. The van der Waals surface area contributed by atoms with Crippen LogP contribution in [0.3, 0.4) is 0 Å². The van der Waals surface area contributed by atoms with Gasteiger partial charge in [0, 0.05) is 0 Å². The van der Waals surface area contributed by atoms with Crippen LogP contribution >= 0.6 is 0 Å². The van der Waals surface area contributed by atoms with Crippen LogP contribution in [0.2, 0.25) is 0 Å². The summed E-state index contributed by atoms with van der Waals surface area (Å²) in [6, 6.07) is 14.7. The summed E-state index contributed by atoms with van der Waals surface area (Å²) in [5, 5.41) is 0. The molecule has 0 aliphatic rings. The van der Waals surface area contributed by atoms with Crippen molar-refractivity contribution in [2.75, 3.05) is 13.2 Å². The van der Waals surface area contributed by atoms with E-state index in [1.165, 1.54) is 0 Å². The number of carbonyl (C=O) groups excluding carboxylic acids is 2. The van der Waals surface area contributed by atoms with Gasteiger partial charge in [-0.15, -0.1) is 0 Å². The maximum Gasteiger partial charge on any atom is 0.276 e. The Kier molecular flexibility index (Phi) is 9.71. The summed E-state index contributed by atoms with van der Waals surface area (Å²) in [6.07, 6.45) is 4.08. The van der Waals surface area contributed by atoms with Crippen LogP contribution in [0.25, 0.3) is 0 Å². The molecule has 0 aliphatic heterocycles. The highest BCUT2D eigenvalue weighted by Crippen LogP contribution is 2.28. The zero-order chi connectivity index (χ0) is 21.8. The number of ether oxygens (including phenoxy) is 2. The van der Waals surface area contributed by atoms with E-state index in [0.717, 1.165) is 31.2 Å². The lowest BCUT2D eigenvalue weighted by Crippen LogP contribution is -2.44. The third-order valence-electron chi connectivity index (χ3n) is 4.87. The molecule has 2 aromatic carbocycles. The van der Waals surface area contributed by atoms with Gasteiger partial charge in [0.2, 0.25) is 0 Å². The fourth-order valence-electron chi connectivity index (χ4n) is 2.93. The first-order valence-corrected chi connectivity index (χ1v) is 10.6. The van der Waals surface area contributed by atoms with Crippen LogP contribution in [0, 0.1) is 0 Å². The van der Waals surface area contributed by atoms with Crippen molar-refractivity contribution >= 4 is 11.8 Å². The summed E-state index contributed by atoms with van der Waals surface area (Å²) in [7, 11) is 0. The lowest BCUT2D eigenvalue weighted by molar-refractivity contribution is -0.123. The second-order valence-electron chi connectivity index (χ2n) is 7.19. The summed E-state index contributed by atoms with van der Waals surface area (Å²) >= 11 is 0. The van der Waals surface area contributed by atoms with E-state index in [4.69, 9.17) is 9.47 Å². The van der Waals surface area contributed by atoms with Crippen molar-refractivity contribution in [1.29, 1.82) is 0 Å². The number of hydrogen-bond acceptors (Lipinski definition) is 4. The van der Waals surface area contributed by atoms with E-state index in [1.807, 2.05) is 30.3 Å². The van der Waals surface area contributed by atoms with Crippen LogP contribution in [0.1, 0.15) is 68.3 Å². The minimum absolute atomic E-state index is 0.192. The molecule has 2 rings (SSSR count). The van der Waals surface area contributed by atoms with E-state index in [2.05, 4.69) is 31.6 Å². The van der Waals surface area contributed by atoms with Gasteiger partial charge in [0.05, 0.1) is 12.2 Å². The van der Waals surface area contributed by atoms with Gasteiger partial charge in [-0.1, -0.05) is 63.9 Å². The molecule has 162 valence electrons. The van der Waals surface area contributed by atoms with Gasteiger partial charge in [-0.2, -0.15) is 0 Å². The summed E-state index contributed by atoms with van der Waals surface area (Å²) < 4.78 is 11.4. The first-order chi connectivity index (χ1) is 14.6. The average Bonchev–Trinajstić information content (AvgIpc) is 2.78. The summed E-state index contributed by atoms with van der Waals surface area (Å²) in [6.45, 7) is 6.70. The summed E-state index contributed by atoms with van der Waals surface area (Å²) in [5.41, 5.74) is 6.26. The first kappa shape index (κ1) is 23.3. The van der Waals surface area contributed by atoms with E-state index >= 15 is 0 Å². The molecule has 0 spiro atoms. The quantitative estimate of drug-likeness (QED) is 0.417. The maximum absolute atomic E-state index is 12.5. The number of rotatable bonds is 11. The molecule has 2 N–H and O–H groups in total. The van der Waals surface area contributed by atoms with Crippen LogP contribution in [0.15, 0.2) is 48.5 Å². The Balaban J connectivity index is 1.86. The SMILES string of the molecule is CCCCCOc1ccccc1C(=O)NNC(=O)COc1ccccc1[C@H](C)CC. The van der Waals surface area contributed by atoms with Gasteiger partial charge in [-0.3, -0.25) is 20.4 Å². The standard InChI is InChI=1S/C24H32N2O4/c1-4-6-11-16-29-22-15-10-8-13-20(22)24(28)26-25-23(27)17-30-21-14-9-7-12-19(21)18(3)5-2/h7-10,12-15,18H,4-6,11,16-17H2,1-3H3,(H,25,27)(H,26,28)/t18-/m1/s1. The topological polar surface area (TPSA) is 76.7 Å². The molecule has 2 amide bonds. The normalized spacial score (nSPS) is 11.4. The fourth-order valence-corrected chi connectivity index (χ4v) is 2.93. The summed E-state index contributed by atoms with van der Waals surface area (Å²) in [5.74, 6) is 0.633. The zero-order valence-corrected chi connectivity index (χ0v) is 18.1. The molecule has 0 aliphatic carbocycles. The van der Waals surface area contributed by atoms with Gasteiger partial charge < -0.3 is 9.47 Å². The number of hydrazine groups is 1. The highest BCUT2D eigenvalue weighted by Gasteiger charge is 2.14. The lowest BCUT2D eigenvalue weighted by Gasteiger charge is -2.16. The third-order valence-corrected chi connectivity index (χ3v) is 4.87. The molecular weight excluding hydrogens is 380 g/mol. The second-order valence-corrected chi connectivity index (χ2v) is 7.19. The predicted molar refractivity (Wildman–Crippen MR) is 118 cm³/mol. The highest BCUT2D eigenvalue weighted by molar-refractivity contribution is 5.97. The minimum atomic E-state index is -0.441. The number of hydrogen-bond donors (Lipinski definition) is 2. The number of para-hydroxylation sites is 2. The molecule has 0 saturated carbocycles. The monoisotopic (exact) mass is 412 g/mol. The molecular formula is C24H32N2O4. The van der Waals surface area contributed by atoms with Gasteiger partial charge in [0.15, 0.2) is 6.61 Å². The van der Waals surface area contributed by atoms with Crippen molar-refractivity contribution in [2.45, 2.75) is 52.4 Å². The van der Waals surface area contributed by atoms with Crippen LogP contribution in [-0.4, -0.2) is 25.0 Å². The average molecular weight is 413 g/mol. The molecule has 0 aromatic heterocycles. The molecule has 0 saturated heterocycles. The van der Waals surface area contributed by atoms with Crippen molar-refractivity contribution in [3.63, 3.8) is 0 Å². The van der Waals surface area contributed by atoms with Crippen molar-refractivity contribution in [2.24, 2.45) is 0 Å². The number of carbonyl (C=O) groups is 2. The van der Waals surface area contributed by atoms with E-state index in [9.17, 15) is 9.59 Å². The Morgan fingerprint density at radius 3 is 2.33 bits per heavy atom. The van der Waals surface area contributed by atoms with Gasteiger partial charge in [0.1, 0.15) is 11.5 Å². The molecule has 6 nitrogen and oxygen atoms in total. The highest BCUT2D eigenvalue weighted by atomic mass is 16.5. The van der Waals surface area contributed by atoms with Gasteiger partial charge in [-0.25, -0.2) is 0 Å².